The van der Waals surface area contributed by atoms with Crippen molar-refractivity contribution in [3.63, 3.8) is 0 Å². The zero-order valence-corrected chi connectivity index (χ0v) is 48.8. The first-order valence-corrected chi connectivity index (χ1v) is 27.3. The van der Waals surface area contributed by atoms with E-state index in [1.165, 1.54) is 36.7 Å². The van der Waals surface area contributed by atoms with Gasteiger partial charge in [-0.15, -0.1) is 0 Å². The Kier molecular flexibility index (Phi) is 17.3. The second-order valence-electron chi connectivity index (χ2n) is 22.1. The molecule has 2 N–H and O–H groups in total. The fraction of sp³-hybridized carbons (Fsp3) is 0.393. The van der Waals surface area contributed by atoms with Crippen molar-refractivity contribution >= 4 is 52.0 Å². The lowest BCUT2D eigenvalue weighted by atomic mass is 9.78. The predicted molar refractivity (Wildman–Crippen MR) is 292 cm³/mol. The summed E-state index contributed by atoms with van der Waals surface area (Å²) in [4.78, 5) is 40.5. The number of halogens is 11. The van der Waals surface area contributed by atoms with Crippen molar-refractivity contribution in [1.82, 2.24) is 49.8 Å². The molecule has 0 radical (unpaired) electrons. The van der Waals surface area contributed by atoms with Crippen LogP contribution in [0.3, 0.4) is 0 Å². The van der Waals surface area contributed by atoms with E-state index in [4.69, 9.17) is 18.4 Å². The van der Waals surface area contributed by atoms with Gasteiger partial charge in [-0.05, 0) is 117 Å². The highest BCUT2D eigenvalue weighted by Gasteiger charge is 2.68. The Morgan fingerprint density at radius 3 is 1.47 bits per heavy atom. The number of alkyl halides is 6. The van der Waals surface area contributed by atoms with E-state index in [0.29, 0.717) is 17.7 Å². The zero-order chi connectivity index (χ0) is 62.5. The van der Waals surface area contributed by atoms with Crippen LogP contribution in [0.4, 0.5) is 55.5 Å². The summed E-state index contributed by atoms with van der Waals surface area (Å²) in [7, 11) is 2.88. The second kappa shape index (κ2) is 23.8. The molecule has 454 valence electrons. The molecule has 2 amide bonds. The average Bonchev–Trinajstić information content (AvgIpc) is 1.80. The SMILES string of the molecule is CC1(C)OB(c2ccc(CC(=O)Nc3cc(C4(C(F)(F)F)CC4)on3)c(F)c2)OC1(C)C.Cc1nn(C)cc1Cc1ncc(-c2ccc(CC(=O)Nc3cc(C4(C(F)(F)F)CC4)on3)c(F)c2)c(F)n1.Cc1nn(C)cc1Cc1ncc(Br)c(F)n1. The molecule has 1 saturated heterocycles. The predicted octanol–water partition coefficient (Wildman–Crippen LogP) is 10.7. The lowest BCUT2D eigenvalue weighted by Crippen LogP contribution is -2.41. The minimum Gasteiger partial charge on any atom is -0.399 e. The van der Waals surface area contributed by atoms with Gasteiger partial charge in [0, 0.05) is 75.0 Å². The molecule has 11 rings (SSSR count). The third kappa shape index (κ3) is 13.7. The summed E-state index contributed by atoms with van der Waals surface area (Å²) >= 11 is 3.02. The molecular formula is C56H54BBrF10N12O6. The standard InChI is InChI=1S/C25H21F5N6O2.C21H23BF4N2O4.C10H10BrFN4/c1-13-16(12-36(2)34-13)8-20-31-11-17(23(27)33-20)14-3-4-15(18(26)7-14)9-22(37)32-21-10-19(38-35-21)24(5-6-24)25(28,29)30;1-18(2)19(3,4)32-22(31-18)13-6-5-12(14(23)10-13)9-17(29)27-16-11-15(30-28-16)20(7-8-20)21(24,25)26;1-6-7(5-16(2)15-6)3-9-13-4-8(11)10(12)14-9/h3-4,7,10-12H,5-6,8-9H2,1-2H3,(H,32,35,37);5-6,10-11H,7-9H2,1-4H3,(H,27,28,29);4-5H,3H2,1-2H3. The summed E-state index contributed by atoms with van der Waals surface area (Å²) < 4.78 is 162. The van der Waals surface area contributed by atoms with Crippen molar-refractivity contribution in [2.45, 2.75) is 127 Å². The molecule has 0 unspecified atom stereocenters. The highest BCUT2D eigenvalue weighted by molar-refractivity contribution is 9.10. The molecule has 18 nitrogen and oxygen atoms in total. The van der Waals surface area contributed by atoms with E-state index < -0.39 is 83.3 Å². The number of hydrogen-bond acceptors (Lipinski definition) is 14. The molecule has 30 heteroatoms. The van der Waals surface area contributed by atoms with E-state index >= 15 is 0 Å². The van der Waals surface area contributed by atoms with Crippen LogP contribution in [0.2, 0.25) is 0 Å². The number of carbonyl (C=O) groups excluding carboxylic acids is 2. The van der Waals surface area contributed by atoms with E-state index in [9.17, 15) is 53.5 Å². The molecule has 7 heterocycles. The number of rotatable bonds is 14. The van der Waals surface area contributed by atoms with Gasteiger partial charge in [-0.25, -0.2) is 28.7 Å². The lowest BCUT2D eigenvalue weighted by molar-refractivity contribution is -0.166. The smallest absolute Gasteiger partial charge is 0.399 e. The van der Waals surface area contributed by atoms with Gasteiger partial charge in [0.05, 0.1) is 45.5 Å². The van der Waals surface area contributed by atoms with Crippen molar-refractivity contribution in [1.29, 1.82) is 0 Å². The summed E-state index contributed by atoms with van der Waals surface area (Å²) in [5.74, 6) is -4.45. The van der Waals surface area contributed by atoms with Crippen molar-refractivity contribution in [2.75, 3.05) is 10.6 Å². The maximum atomic E-state index is 14.8. The molecule has 86 heavy (non-hydrogen) atoms. The molecule has 3 fully saturated rings. The normalized spacial score (nSPS) is 16.2. The Labute approximate surface area is 493 Å². The summed E-state index contributed by atoms with van der Waals surface area (Å²) in [5, 5.41) is 20.1. The lowest BCUT2D eigenvalue weighted by Gasteiger charge is -2.32. The molecule has 0 atom stereocenters. The molecule has 8 aromatic rings. The van der Waals surface area contributed by atoms with Gasteiger partial charge in [-0.2, -0.15) is 45.3 Å². The van der Waals surface area contributed by atoms with Crippen molar-refractivity contribution in [3.8, 4) is 11.1 Å². The molecule has 2 saturated carbocycles. The highest BCUT2D eigenvalue weighted by atomic mass is 79.9. The number of amides is 2. The number of anilines is 2. The van der Waals surface area contributed by atoms with E-state index in [2.05, 4.69) is 67.0 Å². The third-order valence-electron chi connectivity index (χ3n) is 15.2. The zero-order valence-electron chi connectivity index (χ0n) is 47.2. The third-order valence-corrected chi connectivity index (χ3v) is 15.8. The Morgan fingerprint density at radius 2 is 1.07 bits per heavy atom. The van der Waals surface area contributed by atoms with Gasteiger partial charge >= 0.3 is 19.5 Å². The minimum absolute atomic E-state index is 0.00563. The van der Waals surface area contributed by atoms with Crippen LogP contribution in [-0.2, 0) is 69.5 Å². The maximum Gasteiger partial charge on any atom is 0.494 e. The number of carbonyl (C=O) groups is 2. The van der Waals surface area contributed by atoms with Crippen LogP contribution in [0.1, 0.15) is 110 Å². The first-order valence-electron chi connectivity index (χ1n) is 26.5. The van der Waals surface area contributed by atoms with E-state index in [0.717, 1.165) is 40.7 Å². The number of benzene rings is 2. The number of nitrogens with one attached hydrogen (secondary N) is 2. The van der Waals surface area contributed by atoms with Gasteiger partial charge in [0.25, 0.3) is 0 Å². The van der Waals surface area contributed by atoms with Crippen LogP contribution in [0.15, 0.2) is 86.8 Å². The molecule has 0 bridgehead atoms. The van der Waals surface area contributed by atoms with Gasteiger partial charge in [-0.1, -0.05) is 34.6 Å². The summed E-state index contributed by atoms with van der Waals surface area (Å²) in [6.07, 6.45) is -2.96. The topological polar surface area (TPSA) is 216 Å². The van der Waals surface area contributed by atoms with Crippen molar-refractivity contribution in [3.05, 3.63) is 158 Å². The number of aryl methyl sites for hydroxylation is 4. The van der Waals surface area contributed by atoms with Gasteiger partial charge in [0.15, 0.2) is 23.2 Å². The summed E-state index contributed by atoms with van der Waals surface area (Å²) in [6.45, 7) is 11.3. The Morgan fingerprint density at radius 1 is 0.628 bits per heavy atom. The largest absolute Gasteiger partial charge is 0.494 e. The molecule has 3 aliphatic rings. The quantitative estimate of drug-likeness (QED) is 0.0589. The van der Waals surface area contributed by atoms with E-state index in [1.54, 1.807) is 28.7 Å². The first-order chi connectivity index (χ1) is 40.2. The van der Waals surface area contributed by atoms with E-state index in [-0.39, 0.29) is 94.2 Å². The van der Waals surface area contributed by atoms with Crippen molar-refractivity contribution < 1.29 is 71.8 Å². The van der Waals surface area contributed by atoms with Crippen LogP contribution >= 0.6 is 15.9 Å². The van der Waals surface area contributed by atoms with Gasteiger partial charge < -0.3 is 29.0 Å². The van der Waals surface area contributed by atoms with Crippen LogP contribution in [0, 0.1) is 37.4 Å². The minimum atomic E-state index is -4.48. The van der Waals surface area contributed by atoms with Gasteiger partial charge in [-0.3, -0.25) is 19.0 Å². The average molecular weight is 1270 g/mol. The highest BCUT2D eigenvalue weighted by Crippen LogP contribution is 2.60. The number of aromatic nitrogens is 10. The fourth-order valence-corrected chi connectivity index (χ4v) is 9.43. The molecule has 2 aromatic carbocycles. The van der Waals surface area contributed by atoms with Crippen LogP contribution < -0.4 is 16.1 Å². The molecule has 1 aliphatic heterocycles. The maximum absolute atomic E-state index is 14.8. The van der Waals surface area contributed by atoms with E-state index in [1.807, 2.05) is 54.8 Å². The summed E-state index contributed by atoms with van der Waals surface area (Å²) in [6, 6.07) is 10.2. The van der Waals surface area contributed by atoms with Gasteiger partial charge in [0.2, 0.25) is 23.7 Å². The van der Waals surface area contributed by atoms with Crippen molar-refractivity contribution in [2.24, 2.45) is 14.1 Å². The van der Waals surface area contributed by atoms with Crippen LogP contribution in [-0.4, -0.2) is 92.3 Å². The Hall–Kier alpha value is -7.86. The Bertz CT molecular complexity index is 3820. The van der Waals surface area contributed by atoms with Crippen LogP contribution in [0.25, 0.3) is 11.1 Å². The molecule has 6 aromatic heterocycles. The fourth-order valence-electron chi connectivity index (χ4n) is 9.24. The van der Waals surface area contributed by atoms with Gasteiger partial charge in [0.1, 0.15) is 34.1 Å². The first kappa shape index (κ1) is 62.7. The number of nitrogens with zero attached hydrogens (tertiary/aromatic N) is 10. The van der Waals surface area contributed by atoms with Crippen LogP contribution in [0.5, 0.6) is 0 Å². The Balaban J connectivity index is 0.000000166. The number of hydrogen-bond donors (Lipinski definition) is 2. The molecule has 0 spiro atoms. The molecule has 2 aliphatic carbocycles. The summed E-state index contributed by atoms with van der Waals surface area (Å²) in [5.41, 5.74) is -0.958. The second-order valence-corrected chi connectivity index (χ2v) is 23.0. The monoisotopic (exact) mass is 1270 g/mol. The molecular weight excluding hydrogens is 1220 g/mol.